The summed E-state index contributed by atoms with van der Waals surface area (Å²) >= 11 is 0. The molecule has 1 rings (SSSR count). The maximum atomic E-state index is 11.2. The summed E-state index contributed by atoms with van der Waals surface area (Å²) in [6.07, 6.45) is -0.136. The standard InChI is InChI=1S/C15H24N2O4/c1-4-12(15(16)18)21-13-6-5-11(9-14(13)20-3)10-17-7-8-19-2/h5-6,9,12,17H,4,7-8,10H2,1-3H3,(H2,16,18). The minimum Gasteiger partial charge on any atom is -0.493 e. The lowest BCUT2D eigenvalue weighted by Crippen LogP contribution is -2.33. The van der Waals surface area contributed by atoms with Gasteiger partial charge in [0.2, 0.25) is 0 Å². The Bertz CT molecular complexity index is 451. The summed E-state index contributed by atoms with van der Waals surface area (Å²) in [4.78, 5) is 11.2. The molecule has 0 heterocycles. The molecule has 0 aromatic heterocycles. The summed E-state index contributed by atoms with van der Waals surface area (Å²) in [5.41, 5.74) is 6.34. The molecular weight excluding hydrogens is 272 g/mol. The summed E-state index contributed by atoms with van der Waals surface area (Å²) in [6.45, 7) is 3.98. The highest BCUT2D eigenvalue weighted by Gasteiger charge is 2.17. The highest BCUT2D eigenvalue weighted by molar-refractivity contribution is 5.79. The van der Waals surface area contributed by atoms with Gasteiger partial charge in [0.15, 0.2) is 17.6 Å². The van der Waals surface area contributed by atoms with Crippen LogP contribution < -0.4 is 20.5 Å². The van der Waals surface area contributed by atoms with E-state index >= 15 is 0 Å². The zero-order valence-corrected chi connectivity index (χ0v) is 12.8. The number of carbonyl (C=O) groups is 1. The first-order valence-electron chi connectivity index (χ1n) is 6.94. The van der Waals surface area contributed by atoms with Crippen LogP contribution in [-0.4, -0.2) is 39.4 Å². The number of ether oxygens (including phenoxy) is 3. The Balaban J connectivity index is 2.71. The molecule has 0 radical (unpaired) electrons. The molecule has 0 saturated carbocycles. The summed E-state index contributed by atoms with van der Waals surface area (Å²) in [7, 11) is 3.23. The van der Waals surface area contributed by atoms with Gasteiger partial charge >= 0.3 is 0 Å². The summed E-state index contributed by atoms with van der Waals surface area (Å²) in [5, 5.41) is 3.25. The van der Waals surface area contributed by atoms with Crippen molar-refractivity contribution in [2.24, 2.45) is 5.73 Å². The Morgan fingerprint density at radius 3 is 2.67 bits per heavy atom. The van der Waals surface area contributed by atoms with Gasteiger partial charge in [-0.05, 0) is 24.1 Å². The number of carbonyl (C=O) groups excluding carboxylic acids is 1. The number of rotatable bonds is 10. The van der Waals surface area contributed by atoms with Crippen molar-refractivity contribution in [2.45, 2.75) is 26.0 Å². The first kappa shape index (κ1) is 17.3. The van der Waals surface area contributed by atoms with E-state index in [2.05, 4.69) is 5.32 Å². The van der Waals surface area contributed by atoms with Crippen molar-refractivity contribution >= 4 is 5.91 Å². The lowest BCUT2D eigenvalue weighted by atomic mass is 10.2. The normalized spacial score (nSPS) is 12.0. The van der Waals surface area contributed by atoms with Crippen molar-refractivity contribution in [3.8, 4) is 11.5 Å². The minimum absolute atomic E-state index is 0.482. The van der Waals surface area contributed by atoms with Crippen molar-refractivity contribution in [3.05, 3.63) is 23.8 Å². The third-order valence-corrected chi connectivity index (χ3v) is 3.00. The fraction of sp³-hybridized carbons (Fsp3) is 0.533. The van der Waals surface area contributed by atoms with E-state index in [0.29, 0.717) is 31.1 Å². The third-order valence-electron chi connectivity index (χ3n) is 3.00. The lowest BCUT2D eigenvalue weighted by Gasteiger charge is -2.17. The van der Waals surface area contributed by atoms with Gasteiger partial charge < -0.3 is 25.3 Å². The van der Waals surface area contributed by atoms with Crippen LogP contribution in [0.1, 0.15) is 18.9 Å². The van der Waals surface area contributed by atoms with Crippen LogP contribution in [0.2, 0.25) is 0 Å². The molecule has 21 heavy (non-hydrogen) atoms. The Morgan fingerprint density at radius 1 is 1.33 bits per heavy atom. The first-order valence-corrected chi connectivity index (χ1v) is 6.94. The van der Waals surface area contributed by atoms with Gasteiger partial charge in [0.25, 0.3) is 5.91 Å². The monoisotopic (exact) mass is 296 g/mol. The topological polar surface area (TPSA) is 82.8 Å². The smallest absolute Gasteiger partial charge is 0.258 e. The van der Waals surface area contributed by atoms with E-state index in [1.807, 2.05) is 19.1 Å². The predicted molar refractivity (Wildman–Crippen MR) is 80.5 cm³/mol. The SMILES string of the molecule is CCC(Oc1ccc(CNCCOC)cc1OC)C(N)=O. The number of primary amides is 1. The van der Waals surface area contributed by atoms with E-state index in [1.165, 1.54) is 0 Å². The number of methoxy groups -OCH3 is 2. The van der Waals surface area contributed by atoms with Crippen LogP contribution >= 0.6 is 0 Å². The Hall–Kier alpha value is -1.79. The number of benzene rings is 1. The van der Waals surface area contributed by atoms with Gasteiger partial charge in [0.1, 0.15) is 0 Å². The van der Waals surface area contributed by atoms with Crippen LogP contribution in [-0.2, 0) is 16.1 Å². The number of nitrogens with two attached hydrogens (primary N) is 1. The molecule has 6 nitrogen and oxygen atoms in total. The average molecular weight is 296 g/mol. The largest absolute Gasteiger partial charge is 0.493 e. The van der Waals surface area contributed by atoms with Crippen LogP contribution in [0.4, 0.5) is 0 Å². The van der Waals surface area contributed by atoms with Gasteiger partial charge in [-0.25, -0.2) is 0 Å². The molecule has 1 atom stereocenters. The molecular formula is C15H24N2O4. The summed E-state index contributed by atoms with van der Waals surface area (Å²) < 4.78 is 15.9. The second kappa shape index (κ2) is 9.20. The molecule has 118 valence electrons. The fourth-order valence-electron chi connectivity index (χ4n) is 1.82. The molecule has 1 aromatic rings. The quantitative estimate of drug-likeness (QED) is 0.631. The van der Waals surface area contributed by atoms with Crippen LogP contribution in [0.15, 0.2) is 18.2 Å². The van der Waals surface area contributed by atoms with E-state index in [9.17, 15) is 4.79 Å². The second-order valence-corrected chi connectivity index (χ2v) is 4.57. The third kappa shape index (κ3) is 5.61. The van der Waals surface area contributed by atoms with Gasteiger partial charge in [-0.2, -0.15) is 0 Å². The molecule has 0 aliphatic rings. The summed E-state index contributed by atoms with van der Waals surface area (Å²) in [5.74, 6) is 0.620. The van der Waals surface area contributed by atoms with Gasteiger partial charge in [0, 0.05) is 20.2 Å². The van der Waals surface area contributed by atoms with Gasteiger partial charge in [0.05, 0.1) is 13.7 Å². The molecule has 1 unspecified atom stereocenters. The zero-order chi connectivity index (χ0) is 15.7. The van der Waals surface area contributed by atoms with Crippen molar-refractivity contribution in [2.75, 3.05) is 27.4 Å². The fourth-order valence-corrected chi connectivity index (χ4v) is 1.82. The average Bonchev–Trinajstić information content (AvgIpc) is 2.49. The van der Waals surface area contributed by atoms with Crippen LogP contribution in [0.5, 0.6) is 11.5 Å². The Labute approximate surface area is 125 Å². The van der Waals surface area contributed by atoms with Gasteiger partial charge in [-0.1, -0.05) is 13.0 Å². The number of hydrogen-bond donors (Lipinski definition) is 2. The van der Waals surface area contributed by atoms with E-state index in [4.69, 9.17) is 19.9 Å². The van der Waals surface area contributed by atoms with Gasteiger partial charge in [-0.15, -0.1) is 0 Å². The molecule has 0 aliphatic carbocycles. The minimum atomic E-state index is -0.649. The molecule has 0 bridgehead atoms. The zero-order valence-electron chi connectivity index (χ0n) is 12.8. The molecule has 1 aromatic carbocycles. The Morgan fingerprint density at radius 2 is 2.10 bits per heavy atom. The molecule has 1 amide bonds. The maximum Gasteiger partial charge on any atom is 0.258 e. The maximum absolute atomic E-state index is 11.2. The van der Waals surface area contributed by atoms with Crippen LogP contribution in [0.25, 0.3) is 0 Å². The van der Waals surface area contributed by atoms with E-state index in [0.717, 1.165) is 12.1 Å². The molecule has 0 saturated heterocycles. The van der Waals surface area contributed by atoms with E-state index in [1.54, 1.807) is 20.3 Å². The molecule has 0 spiro atoms. The van der Waals surface area contributed by atoms with Crippen molar-refractivity contribution in [1.29, 1.82) is 0 Å². The van der Waals surface area contributed by atoms with Gasteiger partial charge in [-0.3, -0.25) is 4.79 Å². The number of hydrogen-bond acceptors (Lipinski definition) is 5. The summed E-state index contributed by atoms with van der Waals surface area (Å²) in [6, 6.07) is 5.59. The first-order chi connectivity index (χ1) is 10.1. The highest BCUT2D eigenvalue weighted by Crippen LogP contribution is 2.29. The van der Waals surface area contributed by atoms with E-state index < -0.39 is 12.0 Å². The predicted octanol–water partition coefficient (Wildman–Crippen LogP) is 1.07. The van der Waals surface area contributed by atoms with E-state index in [-0.39, 0.29) is 0 Å². The van der Waals surface area contributed by atoms with Crippen molar-refractivity contribution in [3.63, 3.8) is 0 Å². The highest BCUT2D eigenvalue weighted by atomic mass is 16.5. The number of amides is 1. The molecule has 0 fully saturated rings. The van der Waals surface area contributed by atoms with Crippen LogP contribution in [0.3, 0.4) is 0 Å². The van der Waals surface area contributed by atoms with Crippen molar-refractivity contribution < 1.29 is 19.0 Å². The Kier molecular flexibility index (Phi) is 7.56. The number of nitrogens with one attached hydrogen (secondary N) is 1. The molecule has 6 heteroatoms. The van der Waals surface area contributed by atoms with Crippen molar-refractivity contribution in [1.82, 2.24) is 5.32 Å². The van der Waals surface area contributed by atoms with Crippen LogP contribution in [0, 0.1) is 0 Å². The molecule has 0 aliphatic heterocycles. The second-order valence-electron chi connectivity index (χ2n) is 4.57. The lowest BCUT2D eigenvalue weighted by molar-refractivity contribution is -0.124. The molecule has 3 N–H and O–H groups in total.